The van der Waals surface area contributed by atoms with Gasteiger partial charge in [-0.15, -0.1) is 0 Å². The minimum absolute atomic E-state index is 0.0829. The smallest absolute Gasteiger partial charge is 0.417 e. The van der Waals surface area contributed by atoms with Crippen LogP contribution in [0.3, 0.4) is 0 Å². The molecular weight excluding hydrogens is 234 g/mol. The van der Waals surface area contributed by atoms with Gasteiger partial charge in [0.25, 0.3) is 0 Å². The zero-order valence-corrected chi connectivity index (χ0v) is 11.7. The van der Waals surface area contributed by atoms with Gasteiger partial charge in [-0.3, -0.25) is 9.32 Å². The quantitative estimate of drug-likeness (QED) is 0.748. The topological polar surface area (TPSA) is 68.5 Å². The summed E-state index contributed by atoms with van der Waals surface area (Å²) >= 11 is 0. The molecule has 1 rings (SSSR count). The summed E-state index contributed by atoms with van der Waals surface area (Å²) in [6.45, 7) is 6.39. The number of carbonyl (C=O) groups excluding carboxylic acids is 1. The lowest BCUT2D eigenvalue weighted by molar-refractivity contribution is -0.128. The van der Waals surface area contributed by atoms with Gasteiger partial charge >= 0.3 is 6.08 Å². The number of ether oxygens (including phenoxy) is 1. The number of carbonyl (C=O) groups is 1. The average molecular weight is 255 g/mol. The summed E-state index contributed by atoms with van der Waals surface area (Å²) in [5, 5.41) is 3.84. The standard InChI is InChI=1S/C12H21N3O3/c1-12(2,3)10-13-11(18-14-10)17-8-6-7-9(16)15(4)5/h6-8H2,1-5H3. The molecule has 0 spiro atoms. The van der Waals surface area contributed by atoms with Crippen molar-refractivity contribution in [3.05, 3.63) is 5.82 Å². The van der Waals surface area contributed by atoms with Crippen molar-refractivity contribution < 1.29 is 14.1 Å². The van der Waals surface area contributed by atoms with Crippen LogP contribution in [0, 0.1) is 0 Å². The summed E-state index contributed by atoms with van der Waals surface area (Å²) in [7, 11) is 3.47. The highest BCUT2D eigenvalue weighted by atomic mass is 16.6. The molecule has 0 aliphatic carbocycles. The van der Waals surface area contributed by atoms with E-state index in [1.54, 1.807) is 19.0 Å². The minimum Gasteiger partial charge on any atom is -0.449 e. The van der Waals surface area contributed by atoms with Gasteiger partial charge in [-0.2, -0.15) is 4.98 Å². The summed E-state index contributed by atoms with van der Waals surface area (Å²) in [6.07, 6.45) is 1.24. The van der Waals surface area contributed by atoms with E-state index in [2.05, 4.69) is 10.1 Å². The third kappa shape index (κ3) is 4.35. The molecule has 1 heterocycles. The van der Waals surface area contributed by atoms with Crippen LogP contribution in [-0.4, -0.2) is 41.6 Å². The van der Waals surface area contributed by atoms with E-state index in [1.165, 1.54) is 0 Å². The first-order chi connectivity index (χ1) is 8.30. The van der Waals surface area contributed by atoms with Gasteiger partial charge in [-0.1, -0.05) is 25.9 Å². The fourth-order valence-corrected chi connectivity index (χ4v) is 1.18. The highest BCUT2D eigenvalue weighted by Gasteiger charge is 2.21. The van der Waals surface area contributed by atoms with Gasteiger partial charge in [-0.05, 0) is 6.42 Å². The van der Waals surface area contributed by atoms with Gasteiger partial charge in [0.15, 0.2) is 5.82 Å². The molecule has 0 aromatic carbocycles. The van der Waals surface area contributed by atoms with Crippen LogP contribution in [0.4, 0.5) is 0 Å². The second-order valence-corrected chi connectivity index (χ2v) is 5.37. The van der Waals surface area contributed by atoms with E-state index in [-0.39, 0.29) is 17.4 Å². The van der Waals surface area contributed by atoms with E-state index in [1.807, 2.05) is 20.8 Å². The maximum atomic E-state index is 11.3. The summed E-state index contributed by atoms with van der Waals surface area (Å²) in [5.41, 5.74) is -0.161. The van der Waals surface area contributed by atoms with Crippen molar-refractivity contribution in [3.63, 3.8) is 0 Å². The van der Waals surface area contributed by atoms with Crippen LogP contribution in [0.5, 0.6) is 6.08 Å². The number of aromatic nitrogens is 2. The number of amides is 1. The van der Waals surface area contributed by atoms with E-state index in [0.717, 1.165) is 0 Å². The molecule has 6 heteroatoms. The van der Waals surface area contributed by atoms with E-state index < -0.39 is 0 Å². The second-order valence-electron chi connectivity index (χ2n) is 5.37. The minimum atomic E-state index is -0.161. The van der Waals surface area contributed by atoms with Crippen molar-refractivity contribution in [1.82, 2.24) is 15.0 Å². The molecule has 1 aromatic heterocycles. The lowest BCUT2D eigenvalue weighted by Gasteiger charge is -2.10. The fourth-order valence-electron chi connectivity index (χ4n) is 1.18. The predicted octanol–water partition coefficient (Wildman–Crippen LogP) is 1.61. The van der Waals surface area contributed by atoms with E-state index in [9.17, 15) is 4.79 Å². The molecule has 102 valence electrons. The molecule has 0 aliphatic heterocycles. The normalized spacial score (nSPS) is 11.4. The van der Waals surface area contributed by atoms with Crippen LogP contribution >= 0.6 is 0 Å². The average Bonchev–Trinajstić information content (AvgIpc) is 2.72. The maximum absolute atomic E-state index is 11.3. The van der Waals surface area contributed by atoms with E-state index >= 15 is 0 Å². The molecule has 0 radical (unpaired) electrons. The maximum Gasteiger partial charge on any atom is 0.417 e. The van der Waals surface area contributed by atoms with Crippen LogP contribution in [0.1, 0.15) is 39.4 Å². The van der Waals surface area contributed by atoms with Gasteiger partial charge in [-0.25, -0.2) is 0 Å². The first-order valence-electron chi connectivity index (χ1n) is 5.98. The number of rotatable bonds is 5. The van der Waals surface area contributed by atoms with Gasteiger partial charge in [0.1, 0.15) is 0 Å². The van der Waals surface area contributed by atoms with Gasteiger partial charge in [0.2, 0.25) is 5.91 Å². The molecule has 1 aromatic rings. The Bertz CT molecular complexity index is 394. The molecule has 0 unspecified atom stereocenters. The third-order valence-corrected chi connectivity index (χ3v) is 2.34. The lowest BCUT2D eigenvalue weighted by atomic mass is 9.96. The Hall–Kier alpha value is -1.59. The second kappa shape index (κ2) is 5.84. The van der Waals surface area contributed by atoms with Crippen molar-refractivity contribution in [2.24, 2.45) is 0 Å². The summed E-state index contributed by atoms with van der Waals surface area (Å²) in [4.78, 5) is 17.0. The fraction of sp³-hybridized carbons (Fsp3) is 0.750. The zero-order valence-electron chi connectivity index (χ0n) is 11.7. The molecule has 0 saturated carbocycles. The summed E-state index contributed by atoms with van der Waals surface area (Å²) in [6, 6.07) is 0. The highest BCUT2D eigenvalue weighted by molar-refractivity contribution is 5.75. The van der Waals surface area contributed by atoms with E-state index in [4.69, 9.17) is 9.26 Å². The van der Waals surface area contributed by atoms with Gasteiger partial charge in [0.05, 0.1) is 6.61 Å². The molecule has 18 heavy (non-hydrogen) atoms. The number of hydrogen-bond donors (Lipinski definition) is 0. The highest BCUT2D eigenvalue weighted by Crippen LogP contribution is 2.20. The van der Waals surface area contributed by atoms with Gasteiger partial charge in [0, 0.05) is 25.9 Å². The first-order valence-corrected chi connectivity index (χ1v) is 5.98. The molecule has 0 N–H and O–H groups in total. The van der Waals surface area contributed by atoms with Crippen molar-refractivity contribution in [1.29, 1.82) is 0 Å². The SMILES string of the molecule is CN(C)C(=O)CCCOc1nc(C(C)(C)C)no1. The molecule has 6 nitrogen and oxygen atoms in total. The van der Waals surface area contributed by atoms with Crippen molar-refractivity contribution in [2.45, 2.75) is 39.0 Å². The molecule has 0 aliphatic rings. The third-order valence-electron chi connectivity index (χ3n) is 2.34. The summed E-state index contributed by atoms with van der Waals surface area (Å²) in [5.74, 6) is 0.696. The van der Waals surface area contributed by atoms with Crippen LogP contribution in [-0.2, 0) is 10.2 Å². The molecule has 0 bridgehead atoms. The van der Waals surface area contributed by atoms with Crippen molar-refractivity contribution >= 4 is 5.91 Å². The summed E-state index contributed by atoms with van der Waals surface area (Å²) < 4.78 is 10.3. The Kier molecular flexibility index (Phi) is 4.69. The first kappa shape index (κ1) is 14.5. The lowest BCUT2D eigenvalue weighted by Crippen LogP contribution is -2.21. The molecule has 0 saturated heterocycles. The molecule has 1 amide bonds. The Labute approximate surface area is 107 Å². The Morgan fingerprint density at radius 1 is 1.39 bits per heavy atom. The van der Waals surface area contributed by atoms with E-state index in [0.29, 0.717) is 25.3 Å². The van der Waals surface area contributed by atoms with Crippen molar-refractivity contribution in [3.8, 4) is 6.08 Å². The Balaban J connectivity index is 2.32. The van der Waals surface area contributed by atoms with Crippen molar-refractivity contribution in [2.75, 3.05) is 20.7 Å². The predicted molar refractivity (Wildman–Crippen MR) is 66.4 cm³/mol. The van der Waals surface area contributed by atoms with Crippen LogP contribution in [0.15, 0.2) is 4.52 Å². The van der Waals surface area contributed by atoms with Crippen LogP contribution in [0.2, 0.25) is 0 Å². The zero-order chi connectivity index (χ0) is 13.8. The number of nitrogens with zero attached hydrogens (tertiary/aromatic N) is 3. The number of hydrogen-bond acceptors (Lipinski definition) is 5. The van der Waals surface area contributed by atoms with Gasteiger partial charge < -0.3 is 9.64 Å². The van der Waals surface area contributed by atoms with Crippen LogP contribution in [0.25, 0.3) is 0 Å². The molecule has 0 atom stereocenters. The Morgan fingerprint density at radius 2 is 2.06 bits per heavy atom. The largest absolute Gasteiger partial charge is 0.449 e. The molecular formula is C12H21N3O3. The van der Waals surface area contributed by atoms with Crippen LogP contribution < -0.4 is 4.74 Å². The molecule has 0 fully saturated rings. The Morgan fingerprint density at radius 3 is 2.56 bits per heavy atom. The monoisotopic (exact) mass is 255 g/mol.